The third kappa shape index (κ3) is 3.13. The summed E-state index contributed by atoms with van der Waals surface area (Å²) in [4.78, 5) is 0.0249. The fraction of sp³-hybridized carbons (Fsp3) is 0.143. The molecule has 0 bridgehead atoms. The Labute approximate surface area is 144 Å². The first-order valence-electron chi connectivity index (χ1n) is 6.05. The monoisotopic (exact) mass is 379 g/mol. The third-order valence-corrected chi connectivity index (χ3v) is 5.92. The molecule has 0 atom stereocenters. The molecule has 0 saturated carbocycles. The molecule has 0 aliphatic heterocycles. The van der Waals surface area contributed by atoms with E-state index in [4.69, 9.17) is 39.5 Å². The molecule has 2 rings (SSSR count). The van der Waals surface area contributed by atoms with Crippen LogP contribution in [0.5, 0.6) is 5.75 Å². The lowest BCUT2D eigenvalue weighted by atomic mass is 10.3. The minimum Gasteiger partial charge on any atom is -0.495 e. The van der Waals surface area contributed by atoms with Crippen LogP contribution in [-0.2, 0) is 10.0 Å². The van der Waals surface area contributed by atoms with Gasteiger partial charge in [0.15, 0.2) is 0 Å². The number of halogens is 3. The third-order valence-electron chi connectivity index (χ3n) is 3.05. The Morgan fingerprint density at radius 3 is 2.32 bits per heavy atom. The van der Waals surface area contributed by atoms with Crippen molar-refractivity contribution in [3.05, 3.63) is 51.5 Å². The van der Waals surface area contributed by atoms with Crippen molar-refractivity contribution in [1.82, 2.24) is 0 Å². The molecule has 8 heteroatoms. The number of hydrogen-bond acceptors (Lipinski definition) is 3. The molecular formula is C14H12Cl3NO3S. The number of anilines is 1. The van der Waals surface area contributed by atoms with Gasteiger partial charge in [0.05, 0.1) is 32.8 Å². The zero-order valence-electron chi connectivity index (χ0n) is 11.7. The van der Waals surface area contributed by atoms with E-state index in [0.717, 1.165) is 4.31 Å². The van der Waals surface area contributed by atoms with Gasteiger partial charge in [-0.15, -0.1) is 0 Å². The Hall–Kier alpha value is -1.14. The van der Waals surface area contributed by atoms with E-state index in [9.17, 15) is 8.42 Å². The predicted octanol–water partition coefficient (Wildman–Crippen LogP) is 4.48. The largest absolute Gasteiger partial charge is 0.495 e. The lowest BCUT2D eigenvalue weighted by Gasteiger charge is -2.21. The number of sulfonamides is 1. The van der Waals surface area contributed by atoms with E-state index in [1.165, 1.54) is 32.4 Å². The van der Waals surface area contributed by atoms with E-state index >= 15 is 0 Å². The van der Waals surface area contributed by atoms with Gasteiger partial charge in [-0.1, -0.05) is 40.9 Å². The second-order valence-electron chi connectivity index (χ2n) is 4.34. The Morgan fingerprint density at radius 2 is 1.73 bits per heavy atom. The molecule has 0 unspecified atom stereocenters. The van der Waals surface area contributed by atoms with Crippen molar-refractivity contribution in [3.8, 4) is 5.75 Å². The predicted molar refractivity (Wildman–Crippen MR) is 90.1 cm³/mol. The molecule has 2 aromatic rings. The van der Waals surface area contributed by atoms with Crippen LogP contribution in [0.25, 0.3) is 0 Å². The van der Waals surface area contributed by atoms with Crippen LogP contribution in [0.15, 0.2) is 41.3 Å². The highest BCUT2D eigenvalue weighted by atomic mass is 35.5. The number of rotatable bonds is 4. The van der Waals surface area contributed by atoms with Crippen molar-refractivity contribution in [2.75, 3.05) is 18.5 Å². The highest BCUT2D eigenvalue weighted by Crippen LogP contribution is 2.35. The minimum atomic E-state index is -3.83. The molecule has 118 valence electrons. The van der Waals surface area contributed by atoms with Crippen LogP contribution in [-0.4, -0.2) is 22.6 Å². The van der Waals surface area contributed by atoms with Gasteiger partial charge in [-0.2, -0.15) is 0 Å². The van der Waals surface area contributed by atoms with Crippen molar-refractivity contribution < 1.29 is 13.2 Å². The average molecular weight is 381 g/mol. The lowest BCUT2D eigenvalue weighted by Crippen LogP contribution is -2.26. The second-order valence-corrected chi connectivity index (χ2v) is 7.50. The molecule has 0 heterocycles. The van der Waals surface area contributed by atoms with Crippen LogP contribution < -0.4 is 9.04 Å². The number of nitrogens with zero attached hydrogens (tertiary/aromatic N) is 1. The molecule has 0 aliphatic carbocycles. The van der Waals surface area contributed by atoms with Gasteiger partial charge >= 0.3 is 0 Å². The summed E-state index contributed by atoms with van der Waals surface area (Å²) >= 11 is 18.0. The van der Waals surface area contributed by atoms with Crippen molar-refractivity contribution in [2.45, 2.75) is 4.90 Å². The maximum Gasteiger partial charge on any atom is 0.264 e. The summed E-state index contributed by atoms with van der Waals surface area (Å²) in [6, 6.07) is 8.99. The summed E-state index contributed by atoms with van der Waals surface area (Å²) in [5.74, 6) is 0.393. The van der Waals surface area contributed by atoms with Crippen molar-refractivity contribution in [2.24, 2.45) is 0 Å². The van der Waals surface area contributed by atoms with Crippen LogP contribution in [0, 0.1) is 0 Å². The average Bonchev–Trinajstić information content (AvgIpc) is 2.49. The Kier molecular flexibility index (Phi) is 5.12. The fourth-order valence-corrected chi connectivity index (χ4v) is 3.86. The van der Waals surface area contributed by atoms with Gasteiger partial charge < -0.3 is 4.74 Å². The Balaban J connectivity index is 2.50. The molecule has 0 spiro atoms. The van der Waals surface area contributed by atoms with E-state index in [2.05, 4.69) is 0 Å². The molecule has 4 nitrogen and oxygen atoms in total. The zero-order chi connectivity index (χ0) is 16.5. The summed E-state index contributed by atoms with van der Waals surface area (Å²) in [7, 11) is -0.983. The van der Waals surface area contributed by atoms with E-state index in [1.54, 1.807) is 18.2 Å². The van der Waals surface area contributed by atoms with Gasteiger partial charge in [0.25, 0.3) is 10.0 Å². The molecule has 0 radical (unpaired) electrons. The summed E-state index contributed by atoms with van der Waals surface area (Å²) in [5, 5.41) is 0.637. The van der Waals surface area contributed by atoms with E-state index < -0.39 is 10.0 Å². The summed E-state index contributed by atoms with van der Waals surface area (Å²) in [6.07, 6.45) is 0. The smallest absolute Gasteiger partial charge is 0.264 e. The molecule has 22 heavy (non-hydrogen) atoms. The summed E-state index contributed by atoms with van der Waals surface area (Å²) in [5.41, 5.74) is 0.279. The first-order chi connectivity index (χ1) is 10.3. The number of hydrogen-bond donors (Lipinski definition) is 0. The quantitative estimate of drug-likeness (QED) is 0.785. The highest BCUT2D eigenvalue weighted by Gasteiger charge is 2.24. The minimum absolute atomic E-state index is 0.0249. The lowest BCUT2D eigenvalue weighted by molar-refractivity contribution is 0.414. The van der Waals surface area contributed by atoms with Gasteiger partial charge in [0.2, 0.25) is 0 Å². The maximum atomic E-state index is 12.7. The first-order valence-corrected chi connectivity index (χ1v) is 8.63. The van der Waals surface area contributed by atoms with Gasteiger partial charge in [0, 0.05) is 7.05 Å². The van der Waals surface area contributed by atoms with Gasteiger partial charge in [-0.25, -0.2) is 8.42 Å². The maximum absolute atomic E-state index is 12.7. The van der Waals surface area contributed by atoms with Gasteiger partial charge in [-0.05, 0) is 30.3 Å². The number of ether oxygens (including phenoxy) is 1. The van der Waals surface area contributed by atoms with Crippen molar-refractivity contribution in [3.63, 3.8) is 0 Å². The van der Waals surface area contributed by atoms with E-state index in [-0.39, 0.29) is 25.7 Å². The van der Waals surface area contributed by atoms with Gasteiger partial charge in [0.1, 0.15) is 5.75 Å². The molecule has 0 N–H and O–H groups in total. The van der Waals surface area contributed by atoms with Crippen LogP contribution in [0.2, 0.25) is 15.1 Å². The number of methoxy groups -OCH3 is 1. The van der Waals surface area contributed by atoms with Crippen LogP contribution in [0.3, 0.4) is 0 Å². The zero-order valence-corrected chi connectivity index (χ0v) is 14.8. The molecular weight excluding hydrogens is 369 g/mol. The van der Waals surface area contributed by atoms with Crippen molar-refractivity contribution >= 4 is 50.5 Å². The topological polar surface area (TPSA) is 46.6 Å². The Bertz CT molecular complexity index is 809. The number of benzene rings is 2. The molecule has 0 aliphatic rings. The standard InChI is InChI=1S/C14H12Cl3NO3S/c1-18(12-5-3-4-10(15)14(12)17)22(19,20)9-6-7-13(21-2)11(16)8-9/h3-8H,1-2H3. The Morgan fingerprint density at radius 1 is 1.05 bits per heavy atom. The molecule has 2 aromatic carbocycles. The summed E-state index contributed by atoms with van der Waals surface area (Å²) < 4.78 is 31.4. The molecule has 0 fully saturated rings. The van der Waals surface area contributed by atoms with Gasteiger partial charge in [-0.3, -0.25) is 4.31 Å². The fourth-order valence-electron chi connectivity index (χ4n) is 1.83. The van der Waals surface area contributed by atoms with Crippen LogP contribution >= 0.6 is 34.8 Å². The molecule has 0 saturated heterocycles. The second kappa shape index (κ2) is 6.54. The molecule has 0 aromatic heterocycles. The van der Waals surface area contributed by atoms with E-state index in [1.807, 2.05) is 0 Å². The van der Waals surface area contributed by atoms with E-state index in [0.29, 0.717) is 5.75 Å². The first kappa shape index (κ1) is 17.2. The summed E-state index contributed by atoms with van der Waals surface area (Å²) in [6.45, 7) is 0. The van der Waals surface area contributed by atoms with Crippen LogP contribution in [0.4, 0.5) is 5.69 Å². The SMILES string of the molecule is COc1ccc(S(=O)(=O)N(C)c2cccc(Cl)c2Cl)cc1Cl. The normalized spacial score (nSPS) is 11.3. The van der Waals surface area contributed by atoms with Crippen molar-refractivity contribution in [1.29, 1.82) is 0 Å². The highest BCUT2D eigenvalue weighted by molar-refractivity contribution is 7.92. The molecule has 0 amide bonds. The van der Waals surface area contributed by atoms with Crippen LogP contribution in [0.1, 0.15) is 0 Å².